The van der Waals surface area contributed by atoms with Gasteiger partial charge in [0.25, 0.3) is 0 Å². The van der Waals surface area contributed by atoms with Gasteiger partial charge in [0.1, 0.15) is 5.01 Å². The van der Waals surface area contributed by atoms with Gasteiger partial charge in [0.2, 0.25) is 5.71 Å². The first-order valence-corrected chi connectivity index (χ1v) is 3.65. The summed E-state index contributed by atoms with van der Waals surface area (Å²) in [6, 6.07) is 1.84. The predicted molar refractivity (Wildman–Crippen MR) is 37.8 cm³/mol. The second kappa shape index (κ2) is 2.07. The van der Waals surface area contributed by atoms with Crippen molar-refractivity contribution in [2.45, 2.75) is 6.61 Å². The number of aliphatic hydroxyl groups is 1. The molecule has 52 valence electrons. The van der Waals surface area contributed by atoms with Gasteiger partial charge in [-0.3, -0.25) is 0 Å². The largest absolute Gasteiger partial charge is 0.445 e. The standard InChI is InChI=1S/C6H5NO2S/c8-3-5-7-6-4(10-5)1-2-9-6/h1-2,8H,3H2. The molecule has 0 fully saturated rings. The molecule has 0 saturated heterocycles. The van der Waals surface area contributed by atoms with Crippen molar-refractivity contribution in [3.63, 3.8) is 0 Å². The zero-order chi connectivity index (χ0) is 6.97. The van der Waals surface area contributed by atoms with E-state index >= 15 is 0 Å². The molecule has 10 heavy (non-hydrogen) atoms. The molecule has 0 bridgehead atoms. The third-order valence-electron chi connectivity index (χ3n) is 1.20. The number of aromatic nitrogens is 1. The summed E-state index contributed by atoms with van der Waals surface area (Å²) >= 11 is 1.45. The second-order valence-corrected chi connectivity index (χ2v) is 2.97. The number of hydrogen-bond donors (Lipinski definition) is 1. The van der Waals surface area contributed by atoms with E-state index in [-0.39, 0.29) is 6.61 Å². The fourth-order valence-corrected chi connectivity index (χ4v) is 1.53. The van der Waals surface area contributed by atoms with Crippen LogP contribution >= 0.6 is 11.3 Å². The monoisotopic (exact) mass is 155 g/mol. The summed E-state index contributed by atoms with van der Waals surface area (Å²) < 4.78 is 5.98. The highest BCUT2D eigenvalue weighted by molar-refractivity contribution is 7.18. The van der Waals surface area contributed by atoms with Crippen molar-refractivity contribution in [2.24, 2.45) is 0 Å². The molecule has 0 aliphatic heterocycles. The van der Waals surface area contributed by atoms with Gasteiger partial charge in [0.05, 0.1) is 17.6 Å². The van der Waals surface area contributed by atoms with Gasteiger partial charge < -0.3 is 9.52 Å². The van der Waals surface area contributed by atoms with E-state index in [4.69, 9.17) is 9.52 Å². The maximum Gasteiger partial charge on any atom is 0.237 e. The third kappa shape index (κ3) is 0.732. The van der Waals surface area contributed by atoms with Crippen LogP contribution in [-0.2, 0) is 6.61 Å². The fourth-order valence-electron chi connectivity index (χ4n) is 0.779. The lowest BCUT2D eigenvalue weighted by atomic mass is 10.6. The Bertz CT molecular complexity index is 309. The lowest BCUT2D eigenvalue weighted by Gasteiger charge is -1.78. The molecular weight excluding hydrogens is 150 g/mol. The van der Waals surface area contributed by atoms with Crippen molar-refractivity contribution in [1.29, 1.82) is 0 Å². The normalized spacial score (nSPS) is 10.9. The molecule has 0 atom stereocenters. The summed E-state index contributed by atoms with van der Waals surface area (Å²) in [6.45, 7) is -0.00509. The van der Waals surface area contributed by atoms with Gasteiger partial charge in [0, 0.05) is 0 Å². The summed E-state index contributed by atoms with van der Waals surface area (Å²) in [7, 11) is 0. The molecule has 0 aliphatic rings. The molecule has 0 spiro atoms. The first kappa shape index (κ1) is 5.88. The highest BCUT2D eigenvalue weighted by Crippen LogP contribution is 2.22. The average molecular weight is 155 g/mol. The average Bonchev–Trinajstić information content (AvgIpc) is 2.42. The Morgan fingerprint density at radius 2 is 2.60 bits per heavy atom. The number of hydrogen-bond acceptors (Lipinski definition) is 4. The van der Waals surface area contributed by atoms with Gasteiger partial charge >= 0.3 is 0 Å². The summed E-state index contributed by atoms with van der Waals surface area (Å²) in [5.41, 5.74) is 0.619. The number of nitrogens with zero attached hydrogens (tertiary/aromatic N) is 1. The minimum atomic E-state index is -0.00509. The molecule has 0 aliphatic carbocycles. The summed E-state index contributed by atoms with van der Waals surface area (Å²) in [5.74, 6) is 0. The van der Waals surface area contributed by atoms with Gasteiger partial charge in [-0.2, -0.15) is 0 Å². The lowest BCUT2D eigenvalue weighted by molar-refractivity contribution is 0.281. The lowest BCUT2D eigenvalue weighted by Crippen LogP contribution is -1.76. The Morgan fingerprint density at radius 1 is 1.70 bits per heavy atom. The Morgan fingerprint density at radius 3 is 3.30 bits per heavy atom. The summed E-state index contributed by atoms with van der Waals surface area (Å²) in [5, 5.41) is 9.37. The van der Waals surface area contributed by atoms with Crippen LogP contribution in [0, 0.1) is 0 Å². The van der Waals surface area contributed by atoms with E-state index in [9.17, 15) is 0 Å². The zero-order valence-electron chi connectivity index (χ0n) is 5.07. The fraction of sp³-hybridized carbons (Fsp3) is 0.167. The molecule has 0 aromatic carbocycles. The van der Waals surface area contributed by atoms with Gasteiger partial charge in [0.15, 0.2) is 0 Å². The van der Waals surface area contributed by atoms with Crippen LogP contribution in [0.15, 0.2) is 16.7 Å². The van der Waals surface area contributed by atoms with Crippen molar-refractivity contribution < 1.29 is 9.52 Å². The molecule has 2 aromatic heterocycles. The molecule has 3 nitrogen and oxygen atoms in total. The van der Waals surface area contributed by atoms with Crippen molar-refractivity contribution >= 4 is 21.8 Å². The minimum Gasteiger partial charge on any atom is -0.445 e. The molecule has 2 rings (SSSR count). The highest BCUT2D eigenvalue weighted by Gasteiger charge is 2.03. The van der Waals surface area contributed by atoms with Crippen LogP contribution in [0.25, 0.3) is 10.4 Å². The number of thiazole rings is 1. The van der Waals surface area contributed by atoms with Crippen LogP contribution in [0.3, 0.4) is 0 Å². The van der Waals surface area contributed by atoms with Gasteiger partial charge in [-0.15, -0.1) is 11.3 Å². The number of furan rings is 1. The molecule has 0 radical (unpaired) electrons. The molecule has 0 saturated carbocycles. The van der Waals surface area contributed by atoms with Crippen molar-refractivity contribution in [1.82, 2.24) is 4.98 Å². The van der Waals surface area contributed by atoms with E-state index in [1.807, 2.05) is 6.07 Å². The first-order chi connectivity index (χ1) is 4.90. The van der Waals surface area contributed by atoms with E-state index < -0.39 is 0 Å². The number of aliphatic hydroxyl groups excluding tert-OH is 1. The Hall–Kier alpha value is -0.870. The van der Waals surface area contributed by atoms with Crippen molar-refractivity contribution in [3.05, 3.63) is 17.3 Å². The Balaban J connectivity index is 2.67. The van der Waals surface area contributed by atoms with Gasteiger partial charge in [-0.05, 0) is 6.07 Å². The molecular formula is C6H5NO2S. The quantitative estimate of drug-likeness (QED) is 0.676. The highest BCUT2D eigenvalue weighted by atomic mass is 32.1. The van der Waals surface area contributed by atoms with E-state index in [1.165, 1.54) is 11.3 Å². The zero-order valence-corrected chi connectivity index (χ0v) is 5.89. The van der Waals surface area contributed by atoms with Crippen molar-refractivity contribution in [2.75, 3.05) is 0 Å². The topological polar surface area (TPSA) is 46.3 Å². The summed E-state index contributed by atoms with van der Waals surface area (Å²) in [4.78, 5) is 3.99. The molecule has 0 unspecified atom stereocenters. The molecule has 4 heteroatoms. The van der Waals surface area contributed by atoms with E-state index in [1.54, 1.807) is 6.26 Å². The molecule has 1 N–H and O–H groups in total. The first-order valence-electron chi connectivity index (χ1n) is 2.84. The molecule has 2 heterocycles. The Labute approximate surface area is 60.9 Å². The van der Waals surface area contributed by atoms with E-state index in [2.05, 4.69) is 4.98 Å². The third-order valence-corrected chi connectivity index (χ3v) is 2.19. The van der Waals surface area contributed by atoms with Crippen LogP contribution in [0.4, 0.5) is 0 Å². The van der Waals surface area contributed by atoms with Crippen LogP contribution in [0.5, 0.6) is 0 Å². The SMILES string of the molecule is OCc1nc2occc2s1. The minimum absolute atomic E-state index is 0.00509. The van der Waals surface area contributed by atoms with Crippen LogP contribution in [0.1, 0.15) is 5.01 Å². The number of fused-ring (bicyclic) bond motifs is 1. The smallest absolute Gasteiger partial charge is 0.237 e. The van der Waals surface area contributed by atoms with Crippen LogP contribution < -0.4 is 0 Å². The van der Waals surface area contributed by atoms with Crippen molar-refractivity contribution in [3.8, 4) is 0 Å². The van der Waals surface area contributed by atoms with Crippen LogP contribution in [0.2, 0.25) is 0 Å². The van der Waals surface area contributed by atoms with Gasteiger partial charge in [-0.25, -0.2) is 4.98 Å². The second-order valence-electron chi connectivity index (χ2n) is 1.86. The Kier molecular flexibility index (Phi) is 1.22. The van der Waals surface area contributed by atoms with E-state index in [0.717, 1.165) is 4.70 Å². The summed E-state index contributed by atoms with van der Waals surface area (Å²) in [6.07, 6.45) is 1.59. The van der Waals surface area contributed by atoms with Gasteiger partial charge in [-0.1, -0.05) is 0 Å². The maximum absolute atomic E-state index is 8.66. The predicted octanol–water partition coefficient (Wildman–Crippen LogP) is 1.38. The van der Waals surface area contributed by atoms with E-state index in [0.29, 0.717) is 10.7 Å². The molecule has 0 amide bonds. The number of rotatable bonds is 1. The maximum atomic E-state index is 8.66. The van der Waals surface area contributed by atoms with Crippen LogP contribution in [-0.4, -0.2) is 10.1 Å². The molecule has 2 aromatic rings.